The number of carbonyl (C=O) groups is 1. The Balaban J connectivity index is 1.45. The molecular weight excluding hydrogens is 468 g/mol. The number of carbonyl (C=O) groups excluding carboxylic acids is 1. The number of amides is 1. The lowest BCUT2D eigenvalue weighted by Gasteiger charge is -2.12. The second-order valence-corrected chi connectivity index (χ2v) is 9.02. The van der Waals surface area contributed by atoms with E-state index in [4.69, 9.17) is 4.74 Å². The molecule has 0 radical (unpaired) electrons. The first-order valence-electron chi connectivity index (χ1n) is 10.5. The SMILES string of the molecule is Cc1cc(C)c(OCC(=O)Nc2ccc3nn(-c4ccc(C(C)C)cc4)nc3c2)c(Br)c1. The van der Waals surface area contributed by atoms with Crippen LogP contribution in [0.15, 0.2) is 59.1 Å². The molecule has 7 heteroatoms. The number of aromatic nitrogens is 3. The fraction of sp³-hybridized carbons (Fsp3) is 0.240. The molecule has 0 saturated heterocycles. The van der Waals surface area contributed by atoms with Crippen LogP contribution in [0.1, 0.15) is 36.5 Å². The van der Waals surface area contributed by atoms with Crippen molar-refractivity contribution in [2.24, 2.45) is 0 Å². The molecule has 6 nitrogen and oxygen atoms in total. The first kappa shape index (κ1) is 22.0. The number of nitrogens with zero attached hydrogens (tertiary/aromatic N) is 3. The van der Waals surface area contributed by atoms with Crippen LogP contribution in [0.25, 0.3) is 16.7 Å². The smallest absolute Gasteiger partial charge is 0.262 e. The molecule has 0 fully saturated rings. The van der Waals surface area contributed by atoms with Gasteiger partial charge in [0.15, 0.2) is 6.61 Å². The topological polar surface area (TPSA) is 69.0 Å². The highest BCUT2D eigenvalue weighted by Crippen LogP contribution is 2.30. The summed E-state index contributed by atoms with van der Waals surface area (Å²) < 4.78 is 6.58. The van der Waals surface area contributed by atoms with Crippen LogP contribution < -0.4 is 10.1 Å². The van der Waals surface area contributed by atoms with Crippen molar-refractivity contribution in [3.8, 4) is 11.4 Å². The van der Waals surface area contributed by atoms with Gasteiger partial charge in [-0.25, -0.2) is 0 Å². The Morgan fingerprint density at radius 1 is 1.03 bits per heavy atom. The van der Waals surface area contributed by atoms with Gasteiger partial charge in [-0.1, -0.05) is 32.0 Å². The number of fused-ring (bicyclic) bond motifs is 1. The van der Waals surface area contributed by atoms with Crippen molar-refractivity contribution < 1.29 is 9.53 Å². The van der Waals surface area contributed by atoms with Crippen LogP contribution in [-0.2, 0) is 4.79 Å². The predicted molar refractivity (Wildman–Crippen MR) is 131 cm³/mol. The van der Waals surface area contributed by atoms with Crippen molar-refractivity contribution in [2.75, 3.05) is 11.9 Å². The lowest BCUT2D eigenvalue weighted by molar-refractivity contribution is -0.118. The summed E-state index contributed by atoms with van der Waals surface area (Å²) >= 11 is 3.50. The van der Waals surface area contributed by atoms with Crippen LogP contribution >= 0.6 is 15.9 Å². The number of halogens is 1. The molecule has 4 rings (SSSR count). The molecule has 0 spiro atoms. The zero-order chi connectivity index (χ0) is 22.8. The van der Waals surface area contributed by atoms with Crippen molar-refractivity contribution in [2.45, 2.75) is 33.6 Å². The molecule has 0 bridgehead atoms. The summed E-state index contributed by atoms with van der Waals surface area (Å²) in [5.74, 6) is 0.903. The number of hydrogen-bond acceptors (Lipinski definition) is 4. The standard InChI is InChI=1S/C25H25BrN4O2/c1-15(2)18-5-8-20(9-6-18)30-28-22-10-7-19(13-23(22)29-30)27-24(31)14-32-25-17(4)11-16(3)12-21(25)26/h5-13,15H,14H2,1-4H3,(H,27,31). The highest BCUT2D eigenvalue weighted by molar-refractivity contribution is 9.10. The number of nitrogens with one attached hydrogen (secondary N) is 1. The van der Waals surface area contributed by atoms with E-state index in [2.05, 4.69) is 57.4 Å². The summed E-state index contributed by atoms with van der Waals surface area (Å²) in [5, 5.41) is 12.0. The maximum absolute atomic E-state index is 12.4. The van der Waals surface area contributed by atoms with E-state index >= 15 is 0 Å². The molecule has 0 aliphatic heterocycles. The number of hydrogen-bond donors (Lipinski definition) is 1. The molecule has 164 valence electrons. The van der Waals surface area contributed by atoms with Gasteiger partial charge in [-0.3, -0.25) is 4.79 Å². The summed E-state index contributed by atoms with van der Waals surface area (Å²) in [6.45, 7) is 8.21. The highest BCUT2D eigenvalue weighted by atomic mass is 79.9. The molecule has 1 N–H and O–H groups in total. The summed E-state index contributed by atoms with van der Waals surface area (Å²) in [5.41, 5.74) is 6.37. The third-order valence-electron chi connectivity index (χ3n) is 5.18. The van der Waals surface area contributed by atoms with Gasteiger partial charge in [0.05, 0.1) is 10.2 Å². The van der Waals surface area contributed by atoms with Crippen molar-refractivity contribution in [3.05, 3.63) is 75.8 Å². The minimum absolute atomic E-state index is 0.0879. The predicted octanol–water partition coefficient (Wildman–Crippen LogP) is 5.94. The molecule has 4 aromatic rings. The second-order valence-electron chi connectivity index (χ2n) is 8.17. The van der Waals surface area contributed by atoms with E-state index in [1.165, 1.54) is 5.56 Å². The molecule has 0 aliphatic rings. The van der Waals surface area contributed by atoms with Gasteiger partial charge >= 0.3 is 0 Å². The first-order chi connectivity index (χ1) is 15.3. The van der Waals surface area contributed by atoms with E-state index in [1.54, 1.807) is 4.80 Å². The van der Waals surface area contributed by atoms with Gasteiger partial charge in [0, 0.05) is 5.69 Å². The minimum Gasteiger partial charge on any atom is -0.482 e. The molecule has 0 aliphatic carbocycles. The van der Waals surface area contributed by atoms with Crippen LogP contribution in [0, 0.1) is 13.8 Å². The van der Waals surface area contributed by atoms with Crippen LogP contribution in [0.3, 0.4) is 0 Å². The van der Waals surface area contributed by atoms with Gasteiger partial charge in [-0.15, -0.1) is 10.2 Å². The van der Waals surface area contributed by atoms with Gasteiger partial charge in [0.2, 0.25) is 0 Å². The van der Waals surface area contributed by atoms with Crippen molar-refractivity contribution in [3.63, 3.8) is 0 Å². The Kier molecular flexibility index (Phi) is 6.28. The second kappa shape index (κ2) is 9.12. The molecule has 32 heavy (non-hydrogen) atoms. The van der Waals surface area contributed by atoms with Crippen LogP contribution in [-0.4, -0.2) is 27.5 Å². The number of benzene rings is 3. The number of aryl methyl sites for hydroxylation is 2. The van der Waals surface area contributed by atoms with Crippen LogP contribution in [0.2, 0.25) is 0 Å². The largest absolute Gasteiger partial charge is 0.482 e. The van der Waals surface area contributed by atoms with E-state index in [1.807, 2.05) is 56.3 Å². The van der Waals surface area contributed by atoms with Gasteiger partial charge in [0.1, 0.15) is 16.8 Å². The maximum atomic E-state index is 12.4. The van der Waals surface area contributed by atoms with E-state index in [0.29, 0.717) is 22.9 Å². The lowest BCUT2D eigenvalue weighted by atomic mass is 10.0. The molecular formula is C25H25BrN4O2. The molecule has 1 heterocycles. The molecule has 0 atom stereocenters. The van der Waals surface area contributed by atoms with Crippen LogP contribution in [0.5, 0.6) is 5.75 Å². The third-order valence-corrected chi connectivity index (χ3v) is 5.77. The third kappa shape index (κ3) is 4.83. The number of rotatable bonds is 6. The Morgan fingerprint density at radius 2 is 1.75 bits per heavy atom. The first-order valence-corrected chi connectivity index (χ1v) is 11.3. The van der Waals surface area contributed by atoms with Gasteiger partial charge < -0.3 is 10.1 Å². The van der Waals surface area contributed by atoms with Gasteiger partial charge in [-0.05, 0) is 88.8 Å². The maximum Gasteiger partial charge on any atom is 0.262 e. The molecule has 1 aromatic heterocycles. The molecule has 0 saturated carbocycles. The Hall–Kier alpha value is -3.19. The summed E-state index contributed by atoms with van der Waals surface area (Å²) in [6, 6.07) is 17.7. The van der Waals surface area contributed by atoms with Crippen molar-refractivity contribution >= 4 is 38.6 Å². The molecule has 0 unspecified atom stereocenters. The Labute approximate surface area is 195 Å². The van der Waals surface area contributed by atoms with Crippen molar-refractivity contribution in [1.29, 1.82) is 0 Å². The lowest BCUT2D eigenvalue weighted by Crippen LogP contribution is -2.20. The fourth-order valence-corrected chi connectivity index (χ4v) is 4.31. The fourth-order valence-electron chi connectivity index (χ4n) is 3.52. The quantitative estimate of drug-likeness (QED) is 0.361. The van der Waals surface area contributed by atoms with Gasteiger partial charge in [0.25, 0.3) is 5.91 Å². The summed E-state index contributed by atoms with van der Waals surface area (Å²) in [7, 11) is 0. The van der Waals surface area contributed by atoms with E-state index in [-0.39, 0.29) is 12.5 Å². The summed E-state index contributed by atoms with van der Waals surface area (Å²) in [6.07, 6.45) is 0. The number of anilines is 1. The van der Waals surface area contributed by atoms with Crippen LogP contribution in [0.4, 0.5) is 5.69 Å². The molecule has 3 aromatic carbocycles. The summed E-state index contributed by atoms with van der Waals surface area (Å²) in [4.78, 5) is 14.0. The highest BCUT2D eigenvalue weighted by Gasteiger charge is 2.11. The Bertz CT molecular complexity index is 1260. The van der Waals surface area contributed by atoms with Gasteiger partial charge in [-0.2, -0.15) is 4.80 Å². The average molecular weight is 493 g/mol. The minimum atomic E-state index is -0.243. The molecule has 1 amide bonds. The van der Waals surface area contributed by atoms with E-state index < -0.39 is 0 Å². The zero-order valence-corrected chi connectivity index (χ0v) is 20.1. The normalized spacial score (nSPS) is 11.2. The van der Waals surface area contributed by atoms with E-state index in [0.717, 1.165) is 26.8 Å². The average Bonchev–Trinajstić information content (AvgIpc) is 3.16. The monoisotopic (exact) mass is 492 g/mol. The number of ether oxygens (including phenoxy) is 1. The van der Waals surface area contributed by atoms with Crippen molar-refractivity contribution in [1.82, 2.24) is 15.0 Å². The van der Waals surface area contributed by atoms with E-state index in [9.17, 15) is 4.79 Å². The zero-order valence-electron chi connectivity index (χ0n) is 18.5. The Morgan fingerprint density at radius 3 is 2.44 bits per heavy atom.